The highest BCUT2D eigenvalue weighted by Crippen LogP contribution is 2.35. The smallest absolute Gasteiger partial charge is 0.163 e. The Labute approximate surface area is 113 Å². The maximum atomic E-state index is 14.1. The second kappa shape index (κ2) is 7.12. The van der Waals surface area contributed by atoms with E-state index in [2.05, 4.69) is 0 Å². The third-order valence-corrected chi connectivity index (χ3v) is 3.28. The predicted octanol–water partition coefficient (Wildman–Crippen LogP) is 3.71. The van der Waals surface area contributed by atoms with Crippen LogP contribution in [0.15, 0.2) is 12.1 Å². The molecular formula is C15H21FO3. The molecule has 0 heterocycles. The third-order valence-electron chi connectivity index (χ3n) is 3.28. The summed E-state index contributed by atoms with van der Waals surface area (Å²) in [5.74, 6) is 0.724. The molecule has 0 fully saturated rings. The zero-order valence-corrected chi connectivity index (χ0v) is 12.0. The summed E-state index contributed by atoms with van der Waals surface area (Å²) in [6.45, 7) is 3.54. The highest BCUT2D eigenvalue weighted by atomic mass is 19.1. The van der Waals surface area contributed by atoms with Crippen LogP contribution in [0, 0.1) is 5.82 Å². The Balaban J connectivity index is 3.05. The van der Waals surface area contributed by atoms with Crippen LogP contribution in [0.2, 0.25) is 0 Å². The largest absolute Gasteiger partial charge is 0.493 e. The van der Waals surface area contributed by atoms with Gasteiger partial charge in [0.25, 0.3) is 0 Å². The van der Waals surface area contributed by atoms with Gasteiger partial charge in [-0.05, 0) is 37.3 Å². The number of hydrogen-bond acceptors (Lipinski definition) is 3. The number of ether oxygens (including phenoxy) is 2. The average Bonchev–Trinajstić information content (AvgIpc) is 2.40. The maximum absolute atomic E-state index is 14.1. The van der Waals surface area contributed by atoms with Crippen molar-refractivity contribution in [2.75, 3.05) is 14.2 Å². The number of methoxy groups -OCH3 is 2. The molecule has 1 aromatic carbocycles. The van der Waals surface area contributed by atoms with Crippen molar-refractivity contribution in [3.05, 3.63) is 23.5 Å². The van der Waals surface area contributed by atoms with E-state index in [0.717, 1.165) is 6.42 Å². The van der Waals surface area contributed by atoms with Crippen LogP contribution >= 0.6 is 0 Å². The summed E-state index contributed by atoms with van der Waals surface area (Å²) < 4.78 is 24.4. The molecule has 1 atom stereocenters. The van der Waals surface area contributed by atoms with Crippen molar-refractivity contribution in [2.24, 2.45) is 0 Å². The van der Waals surface area contributed by atoms with Crippen LogP contribution in [-0.4, -0.2) is 20.0 Å². The molecule has 0 aliphatic carbocycles. The highest BCUT2D eigenvalue weighted by molar-refractivity contribution is 5.75. The summed E-state index contributed by atoms with van der Waals surface area (Å²) in [6.07, 6.45) is 1.89. The average molecular weight is 268 g/mol. The molecule has 0 spiro atoms. The minimum absolute atomic E-state index is 0.0173. The number of halogens is 1. The van der Waals surface area contributed by atoms with Crippen LogP contribution < -0.4 is 9.47 Å². The zero-order valence-electron chi connectivity index (χ0n) is 12.0. The van der Waals surface area contributed by atoms with E-state index < -0.39 is 0 Å². The van der Waals surface area contributed by atoms with Crippen LogP contribution in [0.25, 0.3) is 0 Å². The molecule has 0 amide bonds. The number of carbonyl (C=O) groups is 1. The fourth-order valence-electron chi connectivity index (χ4n) is 2.14. The first-order chi connectivity index (χ1) is 9.03. The van der Waals surface area contributed by atoms with Crippen LogP contribution in [0.1, 0.15) is 44.6 Å². The summed E-state index contributed by atoms with van der Waals surface area (Å²) in [7, 11) is 3.00. The second-order valence-corrected chi connectivity index (χ2v) is 4.57. The first kappa shape index (κ1) is 15.5. The summed E-state index contributed by atoms with van der Waals surface area (Å²) in [6, 6.07) is 3.01. The van der Waals surface area contributed by atoms with Gasteiger partial charge in [0.05, 0.1) is 14.2 Å². The zero-order chi connectivity index (χ0) is 14.4. The van der Waals surface area contributed by atoms with Crippen molar-refractivity contribution < 1.29 is 18.7 Å². The van der Waals surface area contributed by atoms with Gasteiger partial charge in [0.2, 0.25) is 0 Å². The van der Waals surface area contributed by atoms with Crippen LogP contribution in [0.5, 0.6) is 11.5 Å². The van der Waals surface area contributed by atoms with Gasteiger partial charge in [-0.15, -0.1) is 0 Å². The summed E-state index contributed by atoms with van der Waals surface area (Å²) in [4.78, 5) is 11.1. The number of Topliss-reactive ketones (excluding diaryl/α,β-unsaturated/α-hetero) is 1. The van der Waals surface area contributed by atoms with Crippen molar-refractivity contribution >= 4 is 5.78 Å². The Morgan fingerprint density at radius 2 is 1.84 bits per heavy atom. The first-order valence-electron chi connectivity index (χ1n) is 6.44. The molecule has 0 bridgehead atoms. The van der Waals surface area contributed by atoms with Gasteiger partial charge in [-0.1, -0.05) is 6.92 Å². The van der Waals surface area contributed by atoms with E-state index in [1.54, 1.807) is 13.0 Å². The van der Waals surface area contributed by atoms with Crippen LogP contribution in [0.3, 0.4) is 0 Å². The first-order valence-corrected chi connectivity index (χ1v) is 6.44. The highest BCUT2D eigenvalue weighted by Gasteiger charge is 2.18. The predicted molar refractivity (Wildman–Crippen MR) is 72.5 cm³/mol. The lowest BCUT2D eigenvalue weighted by Crippen LogP contribution is -2.05. The normalized spacial score (nSPS) is 12.1. The monoisotopic (exact) mass is 268 g/mol. The summed E-state index contributed by atoms with van der Waals surface area (Å²) in [5.41, 5.74) is 0.585. The molecule has 0 radical (unpaired) electrons. The van der Waals surface area contributed by atoms with Gasteiger partial charge in [0.15, 0.2) is 11.5 Å². The molecule has 0 aliphatic heterocycles. The molecule has 0 aromatic heterocycles. The Hall–Kier alpha value is -1.58. The van der Waals surface area contributed by atoms with E-state index in [9.17, 15) is 9.18 Å². The van der Waals surface area contributed by atoms with Crippen molar-refractivity contribution in [3.8, 4) is 11.5 Å². The number of benzene rings is 1. The van der Waals surface area contributed by atoms with E-state index in [4.69, 9.17) is 9.47 Å². The SMILES string of the molecule is CCC(CCC(C)=O)c1cc(OC)c(OC)cc1F. The molecular weight excluding hydrogens is 247 g/mol. The molecule has 1 aromatic rings. The molecule has 0 saturated heterocycles. The molecule has 3 nitrogen and oxygen atoms in total. The number of rotatable bonds is 7. The second-order valence-electron chi connectivity index (χ2n) is 4.57. The lowest BCUT2D eigenvalue weighted by atomic mass is 9.90. The van der Waals surface area contributed by atoms with Gasteiger partial charge in [-0.25, -0.2) is 4.39 Å². The Bertz CT molecular complexity index is 443. The minimum atomic E-state index is -0.312. The van der Waals surface area contributed by atoms with E-state index >= 15 is 0 Å². The quantitative estimate of drug-likeness (QED) is 0.756. The van der Waals surface area contributed by atoms with Crippen LogP contribution in [0.4, 0.5) is 4.39 Å². The van der Waals surface area contributed by atoms with Gasteiger partial charge in [0.1, 0.15) is 11.6 Å². The lowest BCUT2D eigenvalue weighted by molar-refractivity contribution is -0.117. The Kier molecular flexibility index (Phi) is 5.80. The fraction of sp³-hybridized carbons (Fsp3) is 0.533. The van der Waals surface area contributed by atoms with E-state index in [-0.39, 0.29) is 17.5 Å². The van der Waals surface area contributed by atoms with Crippen molar-refractivity contribution in [3.63, 3.8) is 0 Å². The molecule has 1 unspecified atom stereocenters. The van der Waals surface area contributed by atoms with E-state index in [1.165, 1.54) is 20.3 Å². The van der Waals surface area contributed by atoms with Gasteiger partial charge in [-0.2, -0.15) is 0 Å². The van der Waals surface area contributed by atoms with E-state index in [1.807, 2.05) is 6.92 Å². The van der Waals surface area contributed by atoms with Crippen molar-refractivity contribution in [2.45, 2.75) is 39.0 Å². The Morgan fingerprint density at radius 1 is 1.26 bits per heavy atom. The summed E-state index contributed by atoms with van der Waals surface area (Å²) >= 11 is 0. The standard InChI is InChI=1S/C15H21FO3/c1-5-11(7-6-10(2)17)12-8-14(18-3)15(19-4)9-13(12)16/h8-9,11H,5-7H2,1-4H3. The van der Waals surface area contributed by atoms with Gasteiger partial charge in [-0.3, -0.25) is 0 Å². The lowest BCUT2D eigenvalue weighted by Gasteiger charge is -2.18. The van der Waals surface area contributed by atoms with Crippen molar-refractivity contribution in [1.82, 2.24) is 0 Å². The third kappa shape index (κ3) is 3.94. The Morgan fingerprint density at radius 3 is 2.32 bits per heavy atom. The molecule has 4 heteroatoms. The molecule has 19 heavy (non-hydrogen) atoms. The van der Waals surface area contributed by atoms with Gasteiger partial charge < -0.3 is 14.3 Å². The number of carbonyl (C=O) groups excluding carboxylic acids is 1. The molecule has 0 N–H and O–H groups in total. The minimum Gasteiger partial charge on any atom is -0.493 e. The van der Waals surface area contributed by atoms with Crippen molar-refractivity contribution in [1.29, 1.82) is 0 Å². The molecule has 0 aliphatic rings. The van der Waals surface area contributed by atoms with Gasteiger partial charge >= 0.3 is 0 Å². The van der Waals surface area contributed by atoms with Crippen LogP contribution in [-0.2, 0) is 4.79 Å². The molecule has 1 rings (SSSR count). The fourth-order valence-corrected chi connectivity index (χ4v) is 2.14. The number of ketones is 1. The molecule has 106 valence electrons. The summed E-state index contributed by atoms with van der Waals surface area (Å²) in [5, 5.41) is 0. The number of hydrogen-bond donors (Lipinski definition) is 0. The topological polar surface area (TPSA) is 35.5 Å². The maximum Gasteiger partial charge on any atom is 0.163 e. The van der Waals surface area contributed by atoms with Gasteiger partial charge in [0, 0.05) is 12.5 Å². The molecule has 0 saturated carbocycles. The van der Waals surface area contributed by atoms with E-state index in [0.29, 0.717) is 29.9 Å².